The van der Waals surface area contributed by atoms with Gasteiger partial charge in [0.25, 0.3) is 0 Å². The van der Waals surface area contributed by atoms with Gasteiger partial charge in [-0.3, -0.25) is 0 Å². The Labute approximate surface area is 207 Å². The summed E-state index contributed by atoms with van der Waals surface area (Å²) in [5.41, 5.74) is 1.08. The first-order valence-electron chi connectivity index (χ1n) is 13.1. The second kappa shape index (κ2) is 12.0. The largest absolute Gasteiger partial charge is 0.493 e. The van der Waals surface area contributed by atoms with Crippen molar-refractivity contribution in [2.75, 3.05) is 13.2 Å². The van der Waals surface area contributed by atoms with Gasteiger partial charge in [-0.25, -0.2) is 13.2 Å². The van der Waals surface area contributed by atoms with Crippen molar-refractivity contribution >= 4 is 0 Å². The quantitative estimate of drug-likeness (QED) is 0.261. The predicted octanol–water partition coefficient (Wildman–Crippen LogP) is 8.71. The lowest BCUT2D eigenvalue weighted by molar-refractivity contribution is 0.198. The van der Waals surface area contributed by atoms with E-state index in [4.69, 9.17) is 9.47 Å². The Morgan fingerprint density at radius 1 is 0.829 bits per heavy atom. The Bertz CT molecular complexity index is 989. The van der Waals surface area contributed by atoms with E-state index in [0.29, 0.717) is 48.3 Å². The van der Waals surface area contributed by atoms with Crippen LogP contribution in [0.3, 0.4) is 0 Å². The van der Waals surface area contributed by atoms with Gasteiger partial charge in [0, 0.05) is 6.07 Å². The Kier molecular flexibility index (Phi) is 8.80. The molecule has 2 nitrogen and oxygen atoms in total. The number of hydrogen-bond donors (Lipinski definition) is 0. The first-order valence-corrected chi connectivity index (χ1v) is 13.1. The molecule has 0 N–H and O–H groups in total. The van der Waals surface area contributed by atoms with E-state index >= 15 is 4.39 Å². The van der Waals surface area contributed by atoms with Crippen molar-refractivity contribution in [2.45, 2.75) is 76.5 Å². The van der Waals surface area contributed by atoms with Crippen LogP contribution in [0.1, 0.15) is 87.7 Å². The number of ether oxygens (including phenoxy) is 2. The molecule has 0 radical (unpaired) electrons. The van der Waals surface area contributed by atoms with E-state index in [1.165, 1.54) is 6.07 Å². The Hall–Kier alpha value is -2.43. The number of rotatable bonds is 9. The molecule has 190 valence electrons. The molecule has 2 saturated carbocycles. The van der Waals surface area contributed by atoms with Crippen LogP contribution in [0.4, 0.5) is 13.2 Å². The van der Waals surface area contributed by atoms with Crippen molar-refractivity contribution in [2.24, 2.45) is 11.8 Å². The van der Waals surface area contributed by atoms with Gasteiger partial charge in [-0.1, -0.05) is 38.0 Å². The van der Waals surface area contributed by atoms with E-state index in [0.717, 1.165) is 51.4 Å². The Morgan fingerprint density at radius 2 is 1.43 bits per heavy atom. The highest BCUT2D eigenvalue weighted by Crippen LogP contribution is 2.41. The van der Waals surface area contributed by atoms with Crippen molar-refractivity contribution in [3.8, 4) is 11.5 Å². The SMILES string of the molecule is C=CCCOc1ccc(OCC2CCC(c3ccc(C4CCC(C)CC4)c(F)c3F)CC2)cc1F. The minimum Gasteiger partial charge on any atom is -0.493 e. The van der Waals surface area contributed by atoms with Gasteiger partial charge in [-0.2, -0.15) is 0 Å². The summed E-state index contributed by atoms with van der Waals surface area (Å²) in [7, 11) is 0. The van der Waals surface area contributed by atoms with Crippen molar-refractivity contribution in [3.05, 3.63) is 71.6 Å². The molecule has 0 bridgehead atoms. The molecule has 0 amide bonds. The highest BCUT2D eigenvalue weighted by molar-refractivity contribution is 5.33. The second-order valence-corrected chi connectivity index (χ2v) is 10.4. The lowest BCUT2D eigenvalue weighted by Gasteiger charge is -2.30. The average Bonchev–Trinajstić information content (AvgIpc) is 2.87. The van der Waals surface area contributed by atoms with Crippen LogP contribution in [0.2, 0.25) is 0 Å². The molecule has 0 unspecified atom stereocenters. The molecule has 2 aromatic carbocycles. The van der Waals surface area contributed by atoms with E-state index < -0.39 is 17.5 Å². The standard InChI is InChI=1S/C30H37F3O2/c1-3-4-17-34-28-16-13-24(18-27(28)31)35-19-21-7-11-23(12-8-21)26-15-14-25(29(32)30(26)33)22-9-5-20(2)6-10-22/h3,13-16,18,20-23H,1,4-12,17,19H2,2H3. The first kappa shape index (κ1) is 25.7. The Balaban J connectivity index is 1.28. The zero-order valence-electron chi connectivity index (χ0n) is 20.7. The number of benzene rings is 2. The molecule has 2 aromatic rings. The second-order valence-electron chi connectivity index (χ2n) is 10.4. The fourth-order valence-electron chi connectivity index (χ4n) is 5.58. The molecule has 0 spiro atoms. The Morgan fingerprint density at radius 3 is 2.00 bits per heavy atom. The zero-order valence-corrected chi connectivity index (χ0v) is 20.7. The van der Waals surface area contributed by atoms with Gasteiger partial charge in [0.15, 0.2) is 23.2 Å². The topological polar surface area (TPSA) is 18.5 Å². The monoisotopic (exact) mass is 486 g/mol. The summed E-state index contributed by atoms with van der Waals surface area (Å²) < 4.78 is 55.5. The van der Waals surface area contributed by atoms with E-state index in [-0.39, 0.29) is 17.6 Å². The van der Waals surface area contributed by atoms with Crippen molar-refractivity contribution < 1.29 is 22.6 Å². The molecule has 0 aromatic heterocycles. The maximum atomic E-state index is 15.1. The number of halogens is 3. The van der Waals surface area contributed by atoms with E-state index in [1.54, 1.807) is 18.2 Å². The third kappa shape index (κ3) is 6.42. The summed E-state index contributed by atoms with van der Waals surface area (Å²) in [5, 5.41) is 0. The summed E-state index contributed by atoms with van der Waals surface area (Å²) >= 11 is 0. The molecule has 35 heavy (non-hydrogen) atoms. The molecule has 4 rings (SSSR count). The van der Waals surface area contributed by atoms with Gasteiger partial charge in [-0.05, 0) is 91.9 Å². The van der Waals surface area contributed by atoms with Gasteiger partial charge in [0.2, 0.25) is 0 Å². The predicted molar refractivity (Wildman–Crippen MR) is 134 cm³/mol. The van der Waals surface area contributed by atoms with Gasteiger partial charge in [0.1, 0.15) is 5.75 Å². The fraction of sp³-hybridized carbons (Fsp3) is 0.533. The molecule has 2 fully saturated rings. The van der Waals surface area contributed by atoms with Crippen LogP contribution in [0.5, 0.6) is 11.5 Å². The molecular weight excluding hydrogens is 449 g/mol. The molecule has 0 aliphatic heterocycles. The summed E-state index contributed by atoms with van der Waals surface area (Å²) in [4.78, 5) is 0. The molecular formula is C30H37F3O2. The molecule has 2 aliphatic carbocycles. The van der Waals surface area contributed by atoms with Crippen molar-refractivity contribution in [1.82, 2.24) is 0 Å². The molecule has 0 heterocycles. The fourth-order valence-corrected chi connectivity index (χ4v) is 5.58. The van der Waals surface area contributed by atoms with E-state index in [9.17, 15) is 8.78 Å². The van der Waals surface area contributed by atoms with Gasteiger partial charge in [-0.15, -0.1) is 6.58 Å². The first-order chi connectivity index (χ1) is 17.0. The van der Waals surface area contributed by atoms with Crippen LogP contribution in [-0.2, 0) is 0 Å². The van der Waals surface area contributed by atoms with Crippen LogP contribution in [0.15, 0.2) is 43.0 Å². The van der Waals surface area contributed by atoms with Crippen LogP contribution in [0.25, 0.3) is 0 Å². The van der Waals surface area contributed by atoms with Gasteiger partial charge < -0.3 is 9.47 Å². The van der Waals surface area contributed by atoms with E-state index in [1.807, 2.05) is 12.1 Å². The third-order valence-corrected chi connectivity index (χ3v) is 7.85. The lowest BCUT2D eigenvalue weighted by atomic mass is 9.76. The van der Waals surface area contributed by atoms with Crippen LogP contribution in [0, 0.1) is 29.3 Å². The van der Waals surface area contributed by atoms with Gasteiger partial charge >= 0.3 is 0 Å². The normalized spacial score (nSPS) is 24.7. The van der Waals surface area contributed by atoms with E-state index in [2.05, 4.69) is 13.5 Å². The van der Waals surface area contributed by atoms with Crippen LogP contribution < -0.4 is 9.47 Å². The number of hydrogen-bond acceptors (Lipinski definition) is 2. The maximum absolute atomic E-state index is 15.1. The van der Waals surface area contributed by atoms with Crippen molar-refractivity contribution in [3.63, 3.8) is 0 Å². The molecule has 2 aliphatic rings. The summed E-state index contributed by atoms with van der Waals surface area (Å²) in [5.74, 6) is 0.120. The minimum absolute atomic E-state index is 0.0330. The highest BCUT2D eigenvalue weighted by Gasteiger charge is 2.29. The third-order valence-electron chi connectivity index (χ3n) is 7.85. The molecule has 0 saturated heterocycles. The van der Waals surface area contributed by atoms with Crippen LogP contribution >= 0.6 is 0 Å². The van der Waals surface area contributed by atoms with Gasteiger partial charge in [0.05, 0.1) is 13.2 Å². The zero-order chi connectivity index (χ0) is 24.8. The smallest absolute Gasteiger partial charge is 0.168 e. The highest BCUT2D eigenvalue weighted by atomic mass is 19.2. The molecule has 5 heteroatoms. The van der Waals surface area contributed by atoms with Crippen molar-refractivity contribution in [1.29, 1.82) is 0 Å². The maximum Gasteiger partial charge on any atom is 0.168 e. The summed E-state index contributed by atoms with van der Waals surface area (Å²) in [6.07, 6.45) is 9.78. The lowest BCUT2D eigenvalue weighted by Crippen LogP contribution is -2.20. The summed E-state index contributed by atoms with van der Waals surface area (Å²) in [6.45, 7) is 6.72. The summed E-state index contributed by atoms with van der Waals surface area (Å²) in [6, 6.07) is 8.31. The van der Waals surface area contributed by atoms with Crippen LogP contribution in [-0.4, -0.2) is 13.2 Å². The molecule has 0 atom stereocenters. The average molecular weight is 487 g/mol. The minimum atomic E-state index is -0.647.